The smallest absolute Gasteiger partial charge is 0.231 e. The van der Waals surface area contributed by atoms with Gasteiger partial charge in [0.05, 0.1) is 11.8 Å². The number of benzene rings is 2. The van der Waals surface area contributed by atoms with Crippen LogP contribution in [0.3, 0.4) is 0 Å². The third-order valence-corrected chi connectivity index (χ3v) is 5.44. The third-order valence-electron chi connectivity index (χ3n) is 5.44. The highest BCUT2D eigenvalue weighted by molar-refractivity contribution is 6.02. The lowest BCUT2D eigenvalue weighted by atomic mass is 10.1. The molecule has 1 aliphatic heterocycles. The van der Waals surface area contributed by atoms with Gasteiger partial charge in [-0.25, -0.2) is 0 Å². The molecule has 2 aromatic carbocycles. The van der Waals surface area contributed by atoms with E-state index in [0.29, 0.717) is 13.0 Å². The second kappa shape index (κ2) is 6.94. The summed E-state index contributed by atoms with van der Waals surface area (Å²) in [4.78, 5) is 27.2. The number of anilines is 1. The van der Waals surface area contributed by atoms with Crippen LogP contribution in [0, 0.1) is 11.8 Å². The molecule has 2 aliphatic rings. The van der Waals surface area contributed by atoms with E-state index in [9.17, 15) is 9.59 Å². The van der Waals surface area contributed by atoms with Gasteiger partial charge in [-0.1, -0.05) is 48.5 Å². The van der Waals surface area contributed by atoms with Crippen molar-refractivity contribution < 1.29 is 9.59 Å². The van der Waals surface area contributed by atoms with Gasteiger partial charge in [-0.2, -0.15) is 0 Å². The lowest BCUT2D eigenvalue weighted by Gasteiger charge is -2.23. The van der Waals surface area contributed by atoms with E-state index < -0.39 is 0 Å². The molecule has 1 aliphatic carbocycles. The summed E-state index contributed by atoms with van der Waals surface area (Å²) >= 11 is 0. The number of fused-ring (bicyclic) bond motifs is 1. The number of carbonyl (C=O) groups excluding carboxylic acids is 2. The Bertz CT molecular complexity index is 818. The number of rotatable bonds is 5. The predicted octanol–water partition coefficient (Wildman–Crippen LogP) is 2.96. The third kappa shape index (κ3) is 3.24. The molecule has 0 bridgehead atoms. The van der Waals surface area contributed by atoms with E-state index in [1.54, 1.807) is 0 Å². The SMILES string of the molecule is CC1Cc2ccccc2N1C(=O)C1CC1C(=O)NCCc1ccccc1. The Morgan fingerprint density at radius 3 is 2.58 bits per heavy atom. The van der Waals surface area contributed by atoms with E-state index in [-0.39, 0.29) is 29.7 Å². The Kier molecular flexibility index (Phi) is 4.49. The second-order valence-corrected chi connectivity index (χ2v) is 7.37. The molecule has 0 spiro atoms. The summed E-state index contributed by atoms with van der Waals surface area (Å²) in [6.07, 6.45) is 2.37. The van der Waals surface area contributed by atoms with Crippen molar-refractivity contribution in [2.75, 3.05) is 11.4 Å². The summed E-state index contributed by atoms with van der Waals surface area (Å²) in [6, 6.07) is 18.3. The molecule has 4 heteroatoms. The highest BCUT2D eigenvalue weighted by Crippen LogP contribution is 2.43. The lowest BCUT2D eigenvalue weighted by Crippen LogP contribution is -2.38. The Morgan fingerprint density at radius 1 is 1.04 bits per heavy atom. The summed E-state index contributed by atoms with van der Waals surface area (Å²) in [5, 5.41) is 2.99. The molecule has 0 aromatic heterocycles. The average molecular weight is 348 g/mol. The van der Waals surface area contributed by atoms with E-state index in [2.05, 4.69) is 30.4 Å². The quantitative estimate of drug-likeness (QED) is 0.903. The van der Waals surface area contributed by atoms with Crippen LogP contribution in [0.15, 0.2) is 54.6 Å². The molecular weight excluding hydrogens is 324 g/mol. The molecule has 0 saturated heterocycles. The molecule has 0 radical (unpaired) electrons. The number of nitrogens with one attached hydrogen (secondary N) is 1. The fraction of sp³-hybridized carbons (Fsp3) is 0.364. The van der Waals surface area contributed by atoms with Gasteiger partial charge < -0.3 is 10.2 Å². The zero-order valence-electron chi connectivity index (χ0n) is 15.0. The summed E-state index contributed by atoms with van der Waals surface area (Å²) < 4.78 is 0. The molecule has 134 valence electrons. The molecule has 4 nitrogen and oxygen atoms in total. The maximum absolute atomic E-state index is 12.9. The minimum atomic E-state index is -0.168. The average Bonchev–Trinajstić information content (AvgIpc) is 3.38. The number of amides is 2. The largest absolute Gasteiger partial charge is 0.356 e. The molecule has 3 unspecified atom stereocenters. The normalized spacial score (nSPS) is 23.4. The summed E-state index contributed by atoms with van der Waals surface area (Å²) in [5.41, 5.74) is 3.44. The van der Waals surface area contributed by atoms with E-state index in [0.717, 1.165) is 18.5 Å². The van der Waals surface area contributed by atoms with Crippen LogP contribution in [-0.2, 0) is 22.4 Å². The molecule has 2 amide bonds. The van der Waals surface area contributed by atoms with Crippen molar-refractivity contribution >= 4 is 17.5 Å². The highest BCUT2D eigenvalue weighted by atomic mass is 16.2. The Labute approximate surface area is 154 Å². The number of hydrogen-bond acceptors (Lipinski definition) is 2. The lowest BCUT2D eigenvalue weighted by molar-refractivity contribution is -0.126. The van der Waals surface area contributed by atoms with Crippen LogP contribution in [0.4, 0.5) is 5.69 Å². The standard InChI is InChI=1S/C22H24N2O2/c1-15-13-17-9-5-6-10-20(17)24(15)22(26)19-14-18(19)21(25)23-12-11-16-7-3-2-4-8-16/h2-10,15,18-19H,11-14H2,1H3,(H,23,25). The zero-order chi connectivity index (χ0) is 18.1. The van der Waals surface area contributed by atoms with Gasteiger partial charge in [0.2, 0.25) is 11.8 Å². The van der Waals surface area contributed by atoms with Crippen LogP contribution in [0.5, 0.6) is 0 Å². The zero-order valence-corrected chi connectivity index (χ0v) is 15.0. The van der Waals surface area contributed by atoms with Gasteiger partial charge in [-0.05, 0) is 43.4 Å². The van der Waals surface area contributed by atoms with E-state index in [1.165, 1.54) is 11.1 Å². The Morgan fingerprint density at radius 2 is 1.77 bits per heavy atom. The molecular formula is C22H24N2O2. The fourth-order valence-corrected chi connectivity index (χ4v) is 3.94. The van der Waals surface area contributed by atoms with Crippen LogP contribution in [0.2, 0.25) is 0 Å². The van der Waals surface area contributed by atoms with Gasteiger partial charge in [0.15, 0.2) is 0 Å². The van der Waals surface area contributed by atoms with Gasteiger partial charge in [-0.15, -0.1) is 0 Å². The Balaban J connectivity index is 1.32. The number of para-hydroxylation sites is 1. The predicted molar refractivity (Wildman–Crippen MR) is 102 cm³/mol. The molecule has 1 N–H and O–H groups in total. The van der Waals surface area contributed by atoms with Crippen LogP contribution in [-0.4, -0.2) is 24.4 Å². The minimum absolute atomic E-state index is 0.0133. The maximum atomic E-state index is 12.9. The summed E-state index contributed by atoms with van der Waals surface area (Å²) in [6.45, 7) is 2.69. The Hall–Kier alpha value is -2.62. The van der Waals surface area contributed by atoms with E-state index in [1.807, 2.05) is 41.3 Å². The first-order valence-electron chi connectivity index (χ1n) is 9.38. The minimum Gasteiger partial charge on any atom is -0.356 e. The molecule has 3 atom stereocenters. The molecule has 2 aromatic rings. The monoisotopic (exact) mass is 348 g/mol. The van der Waals surface area contributed by atoms with Crippen LogP contribution >= 0.6 is 0 Å². The van der Waals surface area contributed by atoms with Crippen molar-refractivity contribution in [3.8, 4) is 0 Å². The first-order chi connectivity index (χ1) is 12.6. The van der Waals surface area contributed by atoms with Gasteiger partial charge >= 0.3 is 0 Å². The first-order valence-corrected chi connectivity index (χ1v) is 9.38. The van der Waals surface area contributed by atoms with E-state index in [4.69, 9.17) is 0 Å². The molecule has 26 heavy (non-hydrogen) atoms. The molecule has 1 saturated carbocycles. The van der Waals surface area contributed by atoms with Gasteiger partial charge in [0, 0.05) is 18.3 Å². The number of nitrogens with zero attached hydrogens (tertiary/aromatic N) is 1. The van der Waals surface area contributed by atoms with Gasteiger partial charge in [0.25, 0.3) is 0 Å². The van der Waals surface area contributed by atoms with E-state index >= 15 is 0 Å². The van der Waals surface area contributed by atoms with Gasteiger partial charge in [0.1, 0.15) is 0 Å². The molecule has 1 heterocycles. The van der Waals surface area contributed by atoms with Crippen LogP contribution < -0.4 is 10.2 Å². The van der Waals surface area contributed by atoms with Crippen LogP contribution in [0.1, 0.15) is 24.5 Å². The van der Waals surface area contributed by atoms with Crippen molar-refractivity contribution in [1.82, 2.24) is 5.32 Å². The van der Waals surface area contributed by atoms with Crippen molar-refractivity contribution in [1.29, 1.82) is 0 Å². The highest BCUT2D eigenvalue weighted by Gasteiger charge is 2.51. The van der Waals surface area contributed by atoms with Crippen LogP contribution in [0.25, 0.3) is 0 Å². The molecule has 1 fully saturated rings. The second-order valence-electron chi connectivity index (χ2n) is 7.37. The van der Waals surface area contributed by atoms with Crippen molar-refractivity contribution in [3.63, 3.8) is 0 Å². The van der Waals surface area contributed by atoms with Crippen molar-refractivity contribution in [2.45, 2.75) is 32.2 Å². The molecule has 4 rings (SSSR count). The van der Waals surface area contributed by atoms with Gasteiger partial charge in [-0.3, -0.25) is 9.59 Å². The first kappa shape index (κ1) is 16.8. The number of carbonyl (C=O) groups is 2. The topological polar surface area (TPSA) is 49.4 Å². The maximum Gasteiger partial charge on any atom is 0.231 e. The van der Waals surface area contributed by atoms with Crippen molar-refractivity contribution in [3.05, 3.63) is 65.7 Å². The summed E-state index contributed by atoms with van der Waals surface area (Å²) in [7, 11) is 0. The fourth-order valence-electron chi connectivity index (χ4n) is 3.94. The summed E-state index contributed by atoms with van der Waals surface area (Å²) in [5.74, 6) is -0.219. The van der Waals surface area contributed by atoms with Crippen molar-refractivity contribution in [2.24, 2.45) is 11.8 Å². The number of hydrogen-bond donors (Lipinski definition) is 1.